The number of nitrogens with zero attached hydrogens (tertiary/aromatic N) is 2. The number of rotatable bonds is 5. The number of anilines is 1. The predicted octanol–water partition coefficient (Wildman–Crippen LogP) is 7.82. The molecule has 3 aromatic rings. The fourth-order valence-corrected chi connectivity index (χ4v) is 6.07. The van der Waals surface area contributed by atoms with E-state index < -0.39 is 0 Å². The van der Waals surface area contributed by atoms with E-state index in [4.69, 9.17) is 4.74 Å². The van der Waals surface area contributed by atoms with E-state index in [1.54, 1.807) is 0 Å². The molecule has 180 valence electrons. The van der Waals surface area contributed by atoms with Crippen LogP contribution in [0.4, 0.5) is 5.69 Å². The number of ether oxygens (including phenoxy) is 1. The van der Waals surface area contributed by atoms with Crippen LogP contribution in [0.1, 0.15) is 71.3 Å². The fraction of sp³-hybridized carbons (Fsp3) is 0.516. The molecule has 1 saturated heterocycles. The first-order valence-corrected chi connectivity index (χ1v) is 13.3. The third-order valence-corrected chi connectivity index (χ3v) is 8.17. The molecule has 1 aliphatic heterocycles. The van der Waals surface area contributed by atoms with Crippen molar-refractivity contribution in [3.8, 4) is 5.75 Å². The topological polar surface area (TPSA) is 25.4 Å². The smallest absolute Gasteiger partial charge is 0.120 e. The van der Waals surface area contributed by atoms with Gasteiger partial charge >= 0.3 is 0 Å². The molecule has 0 bridgehead atoms. The van der Waals surface area contributed by atoms with Gasteiger partial charge in [-0.05, 0) is 103 Å². The number of pyridine rings is 1. The molecule has 0 radical (unpaired) electrons. The summed E-state index contributed by atoms with van der Waals surface area (Å²) in [5.41, 5.74) is 3.14. The Morgan fingerprint density at radius 3 is 2.35 bits per heavy atom. The highest BCUT2D eigenvalue weighted by molar-refractivity contribution is 5.84. The second-order valence-corrected chi connectivity index (χ2v) is 11.6. The van der Waals surface area contributed by atoms with E-state index in [2.05, 4.69) is 79.2 Å². The highest BCUT2D eigenvalue weighted by Crippen LogP contribution is 2.39. The highest BCUT2D eigenvalue weighted by Gasteiger charge is 2.30. The maximum absolute atomic E-state index is 6.43. The van der Waals surface area contributed by atoms with Gasteiger partial charge in [0, 0.05) is 30.7 Å². The van der Waals surface area contributed by atoms with E-state index in [0.29, 0.717) is 17.6 Å². The number of piperidine rings is 1. The summed E-state index contributed by atoms with van der Waals surface area (Å²) in [5, 5.41) is 2.59. The zero-order valence-electron chi connectivity index (χ0n) is 21.2. The van der Waals surface area contributed by atoms with Crippen LogP contribution in [0.5, 0.6) is 5.75 Å². The minimum Gasteiger partial charge on any atom is -0.490 e. The van der Waals surface area contributed by atoms with Gasteiger partial charge in [0.2, 0.25) is 0 Å². The summed E-state index contributed by atoms with van der Waals surface area (Å²) in [7, 11) is 0. The lowest BCUT2D eigenvalue weighted by Crippen LogP contribution is -2.41. The SMILES string of the molecule is CC(C)(C)C1CCC(Oc2ccc3cc(CC4CCCCN4c4ccncc4)ccc3c2)CC1. The van der Waals surface area contributed by atoms with Crippen molar-refractivity contribution in [3.63, 3.8) is 0 Å². The lowest BCUT2D eigenvalue weighted by molar-refractivity contribution is 0.0883. The van der Waals surface area contributed by atoms with Crippen LogP contribution in [-0.4, -0.2) is 23.7 Å². The van der Waals surface area contributed by atoms with Gasteiger partial charge in [0.05, 0.1) is 6.10 Å². The first-order chi connectivity index (χ1) is 16.5. The predicted molar refractivity (Wildman–Crippen MR) is 143 cm³/mol. The number of aromatic nitrogens is 1. The van der Waals surface area contributed by atoms with Crippen LogP contribution in [0.2, 0.25) is 0 Å². The second-order valence-electron chi connectivity index (χ2n) is 11.6. The molecule has 0 spiro atoms. The van der Waals surface area contributed by atoms with Crippen LogP contribution in [-0.2, 0) is 6.42 Å². The third-order valence-electron chi connectivity index (χ3n) is 8.17. The first kappa shape index (κ1) is 23.2. The second kappa shape index (κ2) is 9.98. The van der Waals surface area contributed by atoms with Gasteiger partial charge in [-0.15, -0.1) is 0 Å². The van der Waals surface area contributed by atoms with Crippen LogP contribution in [0.15, 0.2) is 60.9 Å². The molecule has 3 heteroatoms. The Morgan fingerprint density at radius 2 is 1.59 bits per heavy atom. The lowest BCUT2D eigenvalue weighted by Gasteiger charge is -2.37. The molecule has 1 aliphatic carbocycles. The van der Waals surface area contributed by atoms with Crippen LogP contribution in [0, 0.1) is 11.3 Å². The van der Waals surface area contributed by atoms with Crippen LogP contribution >= 0.6 is 0 Å². The number of hydrogen-bond acceptors (Lipinski definition) is 3. The summed E-state index contributed by atoms with van der Waals surface area (Å²) in [4.78, 5) is 6.79. The highest BCUT2D eigenvalue weighted by atomic mass is 16.5. The van der Waals surface area contributed by atoms with E-state index in [0.717, 1.165) is 24.6 Å². The first-order valence-electron chi connectivity index (χ1n) is 13.3. The molecule has 2 aromatic carbocycles. The van der Waals surface area contributed by atoms with E-state index in [1.165, 1.54) is 67.0 Å². The van der Waals surface area contributed by atoms with Gasteiger partial charge in [-0.25, -0.2) is 0 Å². The van der Waals surface area contributed by atoms with Crippen molar-refractivity contribution in [2.45, 2.75) is 84.3 Å². The Labute approximate surface area is 205 Å². The Balaban J connectivity index is 1.24. The molecule has 2 aliphatic rings. The van der Waals surface area contributed by atoms with Gasteiger partial charge in [0.25, 0.3) is 0 Å². The fourth-order valence-electron chi connectivity index (χ4n) is 6.07. The molecular weight excluding hydrogens is 416 g/mol. The van der Waals surface area contributed by atoms with E-state index in [-0.39, 0.29) is 0 Å². The maximum Gasteiger partial charge on any atom is 0.120 e. The standard InChI is InChI=1S/C31H40N2O/c1-31(2,3)26-10-13-29(14-11-26)34-30-12-9-24-20-23(7-8-25(24)22-30)21-28-6-4-5-19-33(28)27-15-17-32-18-16-27/h7-9,12,15-18,20,22,26,28-29H,4-6,10-11,13-14,19,21H2,1-3H3. The Morgan fingerprint density at radius 1 is 0.853 bits per heavy atom. The van der Waals surface area contributed by atoms with E-state index >= 15 is 0 Å². The largest absolute Gasteiger partial charge is 0.490 e. The Bertz CT molecular complexity index is 1080. The molecule has 1 unspecified atom stereocenters. The average molecular weight is 457 g/mol. The molecular formula is C31H40N2O. The summed E-state index contributed by atoms with van der Waals surface area (Å²) in [6, 6.07) is 18.5. The van der Waals surface area contributed by atoms with Gasteiger partial charge in [0.1, 0.15) is 5.75 Å². The lowest BCUT2D eigenvalue weighted by atomic mass is 9.72. The molecule has 0 N–H and O–H groups in total. The van der Waals surface area contributed by atoms with E-state index in [1.807, 2.05) is 12.4 Å². The van der Waals surface area contributed by atoms with Gasteiger partial charge in [-0.2, -0.15) is 0 Å². The third kappa shape index (κ3) is 5.40. The molecule has 2 heterocycles. The van der Waals surface area contributed by atoms with Crippen LogP contribution in [0.3, 0.4) is 0 Å². The Kier molecular flexibility index (Phi) is 6.81. The summed E-state index contributed by atoms with van der Waals surface area (Å²) < 4.78 is 6.43. The normalized spacial score (nSPS) is 23.7. The van der Waals surface area contributed by atoms with Gasteiger partial charge in [0.15, 0.2) is 0 Å². The molecule has 0 amide bonds. The van der Waals surface area contributed by atoms with Crippen molar-refractivity contribution < 1.29 is 4.74 Å². The van der Waals surface area contributed by atoms with Crippen LogP contribution < -0.4 is 9.64 Å². The number of hydrogen-bond donors (Lipinski definition) is 0. The summed E-state index contributed by atoms with van der Waals surface area (Å²) in [6.45, 7) is 8.27. The number of fused-ring (bicyclic) bond motifs is 1. The summed E-state index contributed by atoms with van der Waals surface area (Å²) in [5.74, 6) is 1.84. The molecule has 3 nitrogen and oxygen atoms in total. The molecule has 5 rings (SSSR count). The van der Waals surface area contributed by atoms with Crippen molar-refractivity contribution in [1.82, 2.24) is 4.98 Å². The van der Waals surface area contributed by atoms with Crippen molar-refractivity contribution >= 4 is 16.5 Å². The molecule has 34 heavy (non-hydrogen) atoms. The van der Waals surface area contributed by atoms with E-state index in [9.17, 15) is 0 Å². The summed E-state index contributed by atoms with van der Waals surface area (Å²) in [6.07, 6.45) is 14.0. The monoisotopic (exact) mass is 456 g/mol. The zero-order chi connectivity index (χ0) is 23.5. The Hall–Kier alpha value is -2.55. The van der Waals surface area contributed by atoms with Gasteiger partial charge < -0.3 is 9.64 Å². The molecule has 1 saturated carbocycles. The molecule has 2 fully saturated rings. The van der Waals surface area contributed by atoms with Gasteiger partial charge in [-0.3, -0.25) is 4.98 Å². The average Bonchev–Trinajstić information content (AvgIpc) is 2.85. The van der Waals surface area contributed by atoms with Gasteiger partial charge in [-0.1, -0.05) is 45.0 Å². The summed E-state index contributed by atoms with van der Waals surface area (Å²) >= 11 is 0. The quantitative estimate of drug-likeness (QED) is 0.391. The van der Waals surface area contributed by atoms with Crippen molar-refractivity contribution in [2.24, 2.45) is 11.3 Å². The minimum absolute atomic E-state index is 0.362. The van der Waals surface area contributed by atoms with Crippen molar-refractivity contribution in [1.29, 1.82) is 0 Å². The molecule has 1 atom stereocenters. The van der Waals surface area contributed by atoms with Crippen LogP contribution in [0.25, 0.3) is 10.8 Å². The van der Waals surface area contributed by atoms with Crippen molar-refractivity contribution in [2.75, 3.05) is 11.4 Å². The molecule has 1 aromatic heterocycles. The zero-order valence-corrected chi connectivity index (χ0v) is 21.2. The van der Waals surface area contributed by atoms with Crippen molar-refractivity contribution in [3.05, 3.63) is 66.5 Å². The number of benzene rings is 2. The maximum atomic E-state index is 6.43. The minimum atomic E-state index is 0.362.